The van der Waals surface area contributed by atoms with Gasteiger partial charge < -0.3 is 4.90 Å². The monoisotopic (exact) mass is 411 g/mol. The molecule has 0 heterocycles. The Morgan fingerprint density at radius 2 is 1.10 bits per heavy atom. The summed E-state index contributed by atoms with van der Waals surface area (Å²) >= 11 is 0. The molecule has 4 heteroatoms. The van der Waals surface area contributed by atoms with Crippen LogP contribution in [0.1, 0.15) is 117 Å². The first kappa shape index (κ1) is 28.1. The van der Waals surface area contributed by atoms with Crippen LogP contribution in [0.5, 0.6) is 0 Å². The summed E-state index contributed by atoms with van der Waals surface area (Å²) in [5, 5.41) is 0. The van der Waals surface area contributed by atoms with Crippen molar-refractivity contribution in [2.45, 2.75) is 117 Å². The molecule has 0 aliphatic rings. The zero-order chi connectivity index (χ0) is 22.0. The van der Waals surface area contributed by atoms with Crippen molar-refractivity contribution >= 4 is 11.8 Å². The highest BCUT2D eigenvalue weighted by Gasteiger charge is 2.32. The quantitative estimate of drug-likeness (QED) is 0.141. The predicted molar refractivity (Wildman–Crippen MR) is 125 cm³/mol. The second kappa shape index (κ2) is 17.9. The number of hydrogen-bond acceptors (Lipinski definition) is 2. The SMILES string of the molecule is CCCCCCCCCCCC[N+](C)(CCCC)C(=O)CC(=O)N(C)CCCC. The Hall–Kier alpha value is -0.900. The molecule has 29 heavy (non-hydrogen) atoms. The van der Waals surface area contributed by atoms with E-state index in [4.69, 9.17) is 0 Å². The van der Waals surface area contributed by atoms with E-state index in [1.165, 1.54) is 57.8 Å². The smallest absolute Gasteiger partial charge is 0.322 e. The Bertz CT molecular complexity index is 425. The number of rotatable bonds is 19. The molecule has 0 radical (unpaired) electrons. The average molecular weight is 412 g/mol. The highest BCUT2D eigenvalue weighted by atomic mass is 16.2. The Morgan fingerprint density at radius 1 is 0.655 bits per heavy atom. The van der Waals surface area contributed by atoms with Gasteiger partial charge in [0.25, 0.3) is 0 Å². The van der Waals surface area contributed by atoms with Crippen molar-refractivity contribution in [1.82, 2.24) is 4.90 Å². The minimum atomic E-state index is -0.0210. The van der Waals surface area contributed by atoms with Gasteiger partial charge in [0, 0.05) is 13.6 Å². The number of hydrogen-bond donors (Lipinski definition) is 0. The Morgan fingerprint density at radius 3 is 1.62 bits per heavy atom. The molecule has 4 nitrogen and oxygen atoms in total. The lowest BCUT2D eigenvalue weighted by molar-refractivity contribution is -0.835. The van der Waals surface area contributed by atoms with Crippen molar-refractivity contribution < 1.29 is 14.1 Å². The van der Waals surface area contributed by atoms with Gasteiger partial charge >= 0.3 is 5.91 Å². The van der Waals surface area contributed by atoms with E-state index in [9.17, 15) is 9.59 Å². The molecule has 0 aromatic heterocycles. The van der Waals surface area contributed by atoms with Crippen LogP contribution < -0.4 is 0 Å². The van der Waals surface area contributed by atoms with Gasteiger partial charge in [0.1, 0.15) is 6.42 Å². The van der Waals surface area contributed by atoms with Gasteiger partial charge in [0.2, 0.25) is 5.91 Å². The number of quaternary nitrogens is 1. The number of carbonyl (C=O) groups excluding carboxylic acids is 2. The number of amides is 2. The first-order valence-corrected chi connectivity index (χ1v) is 12.5. The molecule has 0 saturated carbocycles. The standard InChI is InChI=1S/C25H51N2O2/c1-6-9-12-13-14-15-16-17-18-19-22-27(5,21-11-8-3)25(29)23-24(28)26(4)20-10-7-2/h6-23H2,1-5H3/q+1. The minimum Gasteiger partial charge on any atom is -0.345 e. The summed E-state index contributed by atoms with van der Waals surface area (Å²) < 4.78 is 0.429. The molecule has 0 aromatic carbocycles. The zero-order valence-corrected chi connectivity index (χ0v) is 20.4. The van der Waals surface area contributed by atoms with Crippen LogP contribution in [-0.4, -0.2) is 54.9 Å². The van der Waals surface area contributed by atoms with Crippen molar-refractivity contribution in [3.8, 4) is 0 Å². The van der Waals surface area contributed by atoms with Gasteiger partial charge in [-0.1, -0.05) is 85.0 Å². The van der Waals surface area contributed by atoms with Gasteiger partial charge in [0.15, 0.2) is 0 Å². The summed E-state index contributed by atoms with van der Waals surface area (Å²) in [5.41, 5.74) is 0. The van der Waals surface area contributed by atoms with Crippen LogP contribution in [0.25, 0.3) is 0 Å². The maximum absolute atomic E-state index is 13.0. The van der Waals surface area contributed by atoms with Crippen LogP contribution in [-0.2, 0) is 9.59 Å². The van der Waals surface area contributed by atoms with E-state index in [1.807, 2.05) is 14.1 Å². The van der Waals surface area contributed by atoms with Crippen LogP contribution in [0.4, 0.5) is 0 Å². The van der Waals surface area contributed by atoms with Gasteiger partial charge in [-0.05, 0) is 25.7 Å². The third kappa shape index (κ3) is 13.9. The molecule has 0 aliphatic heterocycles. The summed E-state index contributed by atoms with van der Waals surface area (Å²) in [6, 6.07) is 0. The molecule has 0 bridgehead atoms. The molecule has 1 unspecified atom stereocenters. The molecule has 172 valence electrons. The predicted octanol–water partition coefficient (Wildman–Crippen LogP) is 6.33. The summed E-state index contributed by atoms with van der Waals surface area (Å²) in [6.45, 7) is 9.03. The summed E-state index contributed by atoms with van der Waals surface area (Å²) in [5.74, 6) is 0.0788. The highest BCUT2D eigenvalue weighted by Crippen LogP contribution is 2.15. The number of carbonyl (C=O) groups is 2. The summed E-state index contributed by atoms with van der Waals surface area (Å²) in [4.78, 5) is 27.1. The molecule has 0 spiro atoms. The van der Waals surface area contributed by atoms with Gasteiger partial charge in [-0.25, -0.2) is 4.79 Å². The van der Waals surface area contributed by atoms with E-state index >= 15 is 0 Å². The Labute approximate surface area is 182 Å². The topological polar surface area (TPSA) is 37.4 Å². The molecule has 0 aliphatic carbocycles. The van der Waals surface area contributed by atoms with Crippen LogP contribution >= 0.6 is 0 Å². The van der Waals surface area contributed by atoms with E-state index in [2.05, 4.69) is 20.8 Å². The molecular weight excluding hydrogens is 360 g/mol. The van der Waals surface area contributed by atoms with E-state index in [-0.39, 0.29) is 18.2 Å². The fourth-order valence-corrected chi connectivity index (χ4v) is 3.79. The van der Waals surface area contributed by atoms with E-state index in [0.29, 0.717) is 4.48 Å². The fraction of sp³-hybridized carbons (Fsp3) is 0.920. The van der Waals surface area contributed by atoms with Crippen molar-refractivity contribution in [3.05, 3.63) is 0 Å². The first-order valence-electron chi connectivity index (χ1n) is 12.5. The second-order valence-corrected chi connectivity index (χ2v) is 9.12. The lowest BCUT2D eigenvalue weighted by Gasteiger charge is -2.32. The van der Waals surface area contributed by atoms with Crippen molar-refractivity contribution in [2.75, 3.05) is 33.7 Å². The molecule has 0 N–H and O–H groups in total. The van der Waals surface area contributed by atoms with Gasteiger partial charge in [0.05, 0.1) is 20.1 Å². The van der Waals surface area contributed by atoms with Crippen LogP contribution in [0.15, 0.2) is 0 Å². The van der Waals surface area contributed by atoms with Crippen LogP contribution in [0.3, 0.4) is 0 Å². The molecule has 0 rings (SSSR count). The van der Waals surface area contributed by atoms with Crippen molar-refractivity contribution in [1.29, 1.82) is 0 Å². The summed E-state index contributed by atoms with van der Waals surface area (Å²) in [6.07, 6.45) is 17.3. The Kier molecular flexibility index (Phi) is 17.4. The highest BCUT2D eigenvalue weighted by molar-refractivity contribution is 5.93. The van der Waals surface area contributed by atoms with Crippen molar-refractivity contribution in [3.63, 3.8) is 0 Å². The van der Waals surface area contributed by atoms with Gasteiger partial charge in [-0.3, -0.25) is 9.28 Å². The third-order valence-corrected chi connectivity index (χ3v) is 6.19. The van der Waals surface area contributed by atoms with E-state index in [0.717, 1.165) is 51.7 Å². The average Bonchev–Trinajstić information content (AvgIpc) is 2.71. The zero-order valence-electron chi connectivity index (χ0n) is 20.4. The Balaban J connectivity index is 4.29. The maximum atomic E-state index is 13.0. The third-order valence-electron chi connectivity index (χ3n) is 6.19. The lowest BCUT2D eigenvalue weighted by atomic mass is 10.1. The summed E-state index contributed by atoms with van der Waals surface area (Å²) in [7, 11) is 3.87. The largest absolute Gasteiger partial charge is 0.345 e. The number of nitrogens with zero attached hydrogens (tertiary/aromatic N) is 2. The van der Waals surface area contributed by atoms with E-state index < -0.39 is 0 Å². The normalized spacial score (nSPS) is 13.3. The molecule has 1 atom stereocenters. The molecular formula is C25H51N2O2+. The van der Waals surface area contributed by atoms with Crippen LogP contribution in [0, 0.1) is 0 Å². The lowest BCUT2D eigenvalue weighted by Crippen LogP contribution is -2.52. The van der Waals surface area contributed by atoms with Gasteiger partial charge in [-0.15, -0.1) is 0 Å². The molecule has 0 saturated heterocycles. The molecule has 0 fully saturated rings. The van der Waals surface area contributed by atoms with E-state index in [1.54, 1.807) is 4.90 Å². The molecule has 2 amide bonds. The van der Waals surface area contributed by atoms with Gasteiger partial charge in [-0.2, -0.15) is 0 Å². The number of unbranched alkanes of at least 4 members (excludes halogenated alkanes) is 11. The first-order chi connectivity index (χ1) is 13.9. The van der Waals surface area contributed by atoms with Crippen LogP contribution in [0.2, 0.25) is 0 Å². The maximum Gasteiger partial charge on any atom is 0.322 e. The fourth-order valence-electron chi connectivity index (χ4n) is 3.79. The molecule has 0 aromatic rings. The minimum absolute atomic E-state index is 0.0210. The second-order valence-electron chi connectivity index (χ2n) is 9.12. The van der Waals surface area contributed by atoms with Crippen molar-refractivity contribution in [2.24, 2.45) is 0 Å².